The lowest BCUT2D eigenvalue weighted by atomic mass is 9.70. The van der Waals surface area contributed by atoms with E-state index in [1.54, 1.807) is 0 Å². The molecule has 1 aliphatic rings. The number of hydrogen-bond acceptors (Lipinski definition) is 4. The summed E-state index contributed by atoms with van der Waals surface area (Å²) in [6.45, 7) is 3.49. The molecule has 3 rings (SSSR count). The first-order chi connectivity index (χ1) is 12.9. The van der Waals surface area contributed by atoms with Crippen molar-refractivity contribution < 1.29 is 9.84 Å². The lowest BCUT2D eigenvalue weighted by Crippen LogP contribution is -2.47. The van der Waals surface area contributed by atoms with Crippen LogP contribution in [0, 0.1) is 12.8 Å². The molecule has 0 unspecified atom stereocenters. The Morgan fingerprint density at radius 2 is 1.89 bits per heavy atom. The zero-order valence-corrected chi connectivity index (χ0v) is 17.5. The van der Waals surface area contributed by atoms with Gasteiger partial charge in [-0.15, -0.1) is 12.6 Å². The molecule has 146 valence electrons. The van der Waals surface area contributed by atoms with Gasteiger partial charge in [-0.25, -0.2) is 0 Å². The van der Waals surface area contributed by atoms with Gasteiger partial charge in [-0.2, -0.15) is 0 Å². The third-order valence-electron chi connectivity index (χ3n) is 5.69. The van der Waals surface area contributed by atoms with Crippen LogP contribution in [0.4, 0.5) is 0 Å². The number of rotatable bonds is 6. The van der Waals surface area contributed by atoms with Crippen LogP contribution in [-0.2, 0) is 16.9 Å². The van der Waals surface area contributed by atoms with Crippen molar-refractivity contribution in [1.82, 2.24) is 4.90 Å². The zero-order valence-electron chi connectivity index (χ0n) is 16.6. The minimum atomic E-state index is -0.861. The quantitative estimate of drug-likeness (QED) is 0.722. The average molecular weight is 386 g/mol. The second-order valence-corrected chi connectivity index (χ2v) is 8.49. The van der Waals surface area contributed by atoms with Gasteiger partial charge >= 0.3 is 0 Å². The number of nitrogens with zero attached hydrogens (tertiary/aromatic N) is 1. The van der Waals surface area contributed by atoms with Crippen LogP contribution in [0.3, 0.4) is 0 Å². The fourth-order valence-electron chi connectivity index (χ4n) is 4.18. The lowest BCUT2D eigenvalue weighted by molar-refractivity contribution is -0.112. The van der Waals surface area contributed by atoms with Crippen LogP contribution < -0.4 is 0 Å². The van der Waals surface area contributed by atoms with Gasteiger partial charge in [0.25, 0.3) is 0 Å². The highest BCUT2D eigenvalue weighted by molar-refractivity contribution is 7.80. The lowest BCUT2D eigenvalue weighted by Gasteiger charge is -2.45. The van der Waals surface area contributed by atoms with Crippen LogP contribution in [-0.4, -0.2) is 36.8 Å². The molecule has 0 bridgehead atoms. The Morgan fingerprint density at radius 3 is 2.59 bits per heavy atom. The van der Waals surface area contributed by atoms with Gasteiger partial charge in [0.2, 0.25) is 0 Å². The topological polar surface area (TPSA) is 32.7 Å². The maximum Gasteiger partial charge on any atom is 0.0949 e. The molecule has 0 aliphatic heterocycles. The smallest absolute Gasteiger partial charge is 0.0949 e. The van der Waals surface area contributed by atoms with E-state index in [1.165, 1.54) is 5.56 Å². The van der Waals surface area contributed by atoms with E-state index in [0.717, 1.165) is 35.4 Å². The summed E-state index contributed by atoms with van der Waals surface area (Å²) in [7, 11) is 4.12. The number of thiol groups is 1. The van der Waals surface area contributed by atoms with Crippen LogP contribution in [0.1, 0.15) is 36.0 Å². The fraction of sp³-hybridized carbons (Fsp3) is 0.478. The summed E-state index contributed by atoms with van der Waals surface area (Å²) in [5.41, 5.74) is 2.40. The monoisotopic (exact) mass is 385 g/mol. The van der Waals surface area contributed by atoms with Gasteiger partial charge < -0.3 is 14.7 Å². The highest BCUT2D eigenvalue weighted by Gasteiger charge is 2.44. The first-order valence-electron chi connectivity index (χ1n) is 9.72. The molecule has 1 aliphatic carbocycles. The Labute approximate surface area is 168 Å². The molecule has 1 N–H and O–H groups in total. The van der Waals surface area contributed by atoms with E-state index in [0.29, 0.717) is 13.0 Å². The Balaban J connectivity index is 1.77. The van der Waals surface area contributed by atoms with Crippen molar-refractivity contribution in [2.45, 2.75) is 49.4 Å². The molecule has 0 radical (unpaired) electrons. The van der Waals surface area contributed by atoms with Crippen molar-refractivity contribution >= 4 is 12.6 Å². The molecule has 1 fully saturated rings. The molecule has 0 heterocycles. The van der Waals surface area contributed by atoms with Crippen molar-refractivity contribution in [3.8, 4) is 0 Å². The van der Waals surface area contributed by atoms with Crippen LogP contribution in [0.25, 0.3) is 0 Å². The second-order valence-electron chi connectivity index (χ2n) is 8.05. The normalized spacial score (nSPS) is 25.7. The third kappa shape index (κ3) is 4.75. The van der Waals surface area contributed by atoms with Crippen LogP contribution in [0.5, 0.6) is 0 Å². The molecule has 3 nitrogen and oxygen atoms in total. The molecule has 4 heteroatoms. The third-order valence-corrected chi connectivity index (χ3v) is 6.28. The van der Waals surface area contributed by atoms with Crippen molar-refractivity contribution in [1.29, 1.82) is 0 Å². The molecule has 0 spiro atoms. The molecule has 3 atom stereocenters. The summed E-state index contributed by atoms with van der Waals surface area (Å²) < 4.78 is 6.22. The van der Waals surface area contributed by atoms with E-state index in [-0.39, 0.29) is 12.0 Å². The molecule has 0 aromatic heterocycles. The molecule has 1 saturated carbocycles. The summed E-state index contributed by atoms with van der Waals surface area (Å²) in [4.78, 5) is 3.07. The average Bonchev–Trinajstić information content (AvgIpc) is 2.65. The largest absolute Gasteiger partial charge is 0.385 e. The Kier molecular flexibility index (Phi) is 6.64. The van der Waals surface area contributed by atoms with E-state index >= 15 is 0 Å². The number of hydrogen-bond donors (Lipinski definition) is 2. The Morgan fingerprint density at radius 1 is 1.15 bits per heavy atom. The SMILES string of the molecule is Cc1cccc([C@@]2(O)CC[C@H](OCc3ccccc3)C[C@@H]2CN(C)C)c1S. The van der Waals surface area contributed by atoms with Gasteiger partial charge in [-0.1, -0.05) is 48.5 Å². The van der Waals surface area contributed by atoms with Crippen molar-refractivity contribution in [2.24, 2.45) is 5.92 Å². The van der Waals surface area contributed by atoms with Gasteiger partial charge in [-0.05, 0) is 57.0 Å². The van der Waals surface area contributed by atoms with E-state index in [4.69, 9.17) is 17.4 Å². The van der Waals surface area contributed by atoms with E-state index < -0.39 is 5.60 Å². The molecule has 2 aromatic carbocycles. The van der Waals surface area contributed by atoms with Crippen LogP contribution in [0.15, 0.2) is 53.4 Å². The summed E-state index contributed by atoms with van der Waals surface area (Å²) in [6, 6.07) is 16.4. The first kappa shape index (κ1) is 20.4. The summed E-state index contributed by atoms with van der Waals surface area (Å²) in [6.07, 6.45) is 2.57. The standard InChI is InChI=1S/C23H31NO2S/c1-17-8-7-11-21(22(17)27)23(25)13-12-20(14-19(23)15-24(2)3)26-16-18-9-5-4-6-10-18/h4-11,19-20,25,27H,12-16H2,1-3H3/t19-,20+,23-/m1/s1. The van der Waals surface area contributed by atoms with Gasteiger partial charge in [0.15, 0.2) is 0 Å². The van der Waals surface area contributed by atoms with Crippen molar-refractivity contribution in [3.05, 3.63) is 65.2 Å². The molecular formula is C23H31NO2S. The summed E-state index contributed by atoms with van der Waals surface area (Å²) in [5, 5.41) is 11.7. The highest BCUT2D eigenvalue weighted by Crippen LogP contribution is 2.45. The highest BCUT2D eigenvalue weighted by atomic mass is 32.1. The van der Waals surface area contributed by atoms with Crippen LogP contribution in [0.2, 0.25) is 0 Å². The van der Waals surface area contributed by atoms with Gasteiger partial charge in [0, 0.05) is 17.4 Å². The number of aryl methyl sites for hydroxylation is 1. The number of ether oxygens (including phenoxy) is 1. The van der Waals surface area contributed by atoms with Crippen molar-refractivity contribution in [2.75, 3.05) is 20.6 Å². The summed E-state index contributed by atoms with van der Waals surface area (Å²) >= 11 is 4.71. The second kappa shape index (κ2) is 8.78. The minimum absolute atomic E-state index is 0.106. The molecule has 2 aromatic rings. The molecular weight excluding hydrogens is 354 g/mol. The van der Waals surface area contributed by atoms with E-state index in [2.05, 4.69) is 31.1 Å². The van der Waals surface area contributed by atoms with E-state index in [1.807, 2.05) is 43.3 Å². The predicted molar refractivity (Wildman–Crippen MR) is 113 cm³/mol. The van der Waals surface area contributed by atoms with Gasteiger partial charge in [0.1, 0.15) is 0 Å². The predicted octanol–water partition coefficient (Wildman–Crippen LogP) is 4.42. The minimum Gasteiger partial charge on any atom is -0.385 e. The maximum atomic E-state index is 11.7. The summed E-state index contributed by atoms with van der Waals surface area (Å²) in [5.74, 6) is 0.106. The fourth-order valence-corrected chi connectivity index (χ4v) is 4.53. The Hall–Kier alpha value is -1.33. The Bertz CT molecular complexity index is 749. The molecule has 0 saturated heterocycles. The maximum absolute atomic E-state index is 11.7. The molecule has 0 amide bonds. The van der Waals surface area contributed by atoms with Crippen molar-refractivity contribution in [3.63, 3.8) is 0 Å². The van der Waals surface area contributed by atoms with E-state index in [9.17, 15) is 5.11 Å². The number of benzene rings is 2. The first-order valence-corrected chi connectivity index (χ1v) is 10.2. The van der Waals surface area contributed by atoms with Crippen LogP contribution >= 0.6 is 12.6 Å². The number of aliphatic hydroxyl groups is 1. The molecule has 27 heavy (non-hydrogen) atoms. The van der Waals surface area contributed by atoms with Gasteiger partial charge in [-0.3, -0.25) is 0 Å². The van der Waals surface area contributed by atoms with Gasteiger partial charge in [0.05, 0.1) is 18.3 Å². The zero-order chi connectivity index (χ0) is 19.4.